The zero-order valence-electron chi connectivity index (χ0n) is 11.6. The molecule has 1 atom stereocenters. The molecule has 19 heavy (non-hydrogen) atoms. The average Bonchev–Trinajstić information content (AvgIpc) is 2.71. The van der Waals surface area contributed by atoms with Crippen molar-refractivity contribution in [3.63, 3.8) is 0 Å². The first-order chi connectivity index (χ1) is 8.94. The Morgan fingerprint density at radius 3 is 2.68 bits per heavy atom. The van der Waals surface area contributed by atoms with E-state index in [1.54, 1.807) is 0 Å². The summed E-state index contributed by atoms with van der Waals surface area (Å²) in [7, 11) is 0. The fourth-order valence-corrected chi connectivity index (χ4v) is 2.08. The number of alkyl halides is 3. The fourth-order valence-electron chi connectivity index (χ4n) is 2.08. The van der Waals surface area contributed by atoms with Crippen LogP contribution in [0.1, 0.15) is 26.7 Å². The van der Waals surface area contributed by atoms with E-state index < -0.39 is 12.7 Å². The quantitative estimate of drug-likeness (QED) is 0.593. The highest BCUT2D eigenvalue weighted by Gasteiger charge is 2.34. The molecule has 1 heterocycles. The molecule has 4 nitrogen and oxygen atoms in total. The van der Waals surface area contributed by atoms with E-state index in [4.69, 9.17) is 0 Å². The first-order valence-electron chi connectivity index (χ1n) is 6.78. The monoisotopic (exact) mass is 280 g/mol. The number of hydrogen-bond acceptors (Lipinski definition) is 2. The average molecular weight is 280 g/mol. The van der Waals surface area contributed by atoms with Gasteiger partial charge in [-0.15, -0.1) is 0 Å². The summed E-state index contributed by atoms with van der Waals surface area (Å²) in [5.41, 5.74) is 0. The molecule has 0 amide bonds. The molecule has 1 aliphatic heterocycles. The topological polar surface area (TPSA) is 39.7 Å². The number of nitrogens with one attached hydrogen (secondary N) is 2. The number of halogens is 3. The lowest BCUT2D eigenvalue weighted by atomic mass is 10.3. The van der Waals surface area contributed by atoms with Gasteiger partial charge < -0.3 is 10.6 Å². The van der Waals surface area contributed by atoms with E-state index in [0.29, 0.717) is 32.0 Å². The van der Waals surface area contributed by atoms with Crippen molar-refractivity contribution in [2.24, 2.45) is 4.99 Å². The van der Waals surface area contributed by atoms with Gasteiger partial charge in [-0.3, -0.25) is 9.89 Å². The van der Waals surface area contributed by atoms with Crippen LogP contribution in [0.15, 0.2) is 4.99 Å². The summed E-state index contributed by atoms with van der Waals surface area (Å²) >= 11 is 0. The highest BCUT2D eigenvalue weighted by atomic mass is 19.4. The van der Waals surface area contributed by atoms with Crippen LogP contribution in [0.3, 0.4) is 0 Å². The van der Waals surface area contributed by atoms with Gasteiger partial charge in [0.1, 0.15) is 0 Å². The van der Waals surface area contributed by atoms with Crippen molar-refractivity contribution in [1.29, 1.82) is 0 Å². The second-order valence-electron chi connectivity index (χ2n) is 4.74. The molecule has 1 aliphatic rings. The van der Waals surface area contributed by atoms with Crippen molar-refractivity contribution in [3.8, 4) is 0 Å². The van der Waals surface area contributed by atoms with E-state index >= 15 is 0 Å². The van der Waals surface area contributed by atoms with Gasteiger partial charge in [-0.25, -0.2) is 0 Å². The largest absolute Gasteiger partial charge is 0.401 e. The number of guanidine groups is 1. The van der Waals surface area contributed by atoms with Crippen molar-refractivity contribution in [1.82, 2.24) is 15.5 Å². The SMILES string of the molecule is CCCN=C(NCC)NC1CCN(CC(F)(F)F)C1. The normalized spacial score (nSPS) is 21.7. The first-order valence-corrected chi connectivity index (χ1v) is 6.78. The van der Waals surface area contributed by atoms with Gasteiger partial charge in [-0.05, 0) is 19.8 Å². The van der Waals surface area contributed by atoms with Crippen LogP contribution in [0.25, 0.3) is 0 Å². The Kier molecular flexibility index (Phi) is 6.41. The number of hydrogen-bond donors (Lipinski definition) is 2. The highest BCUT2D eigenvalue weighted by molar-refractivity contribution is 5.80. The van der Waals surface area contributed by atoms with Gasteiger partial charge in [0.15, 0.2) is 5.96 Å². The molecule has 0 aromatic carbocycles. The molecule has 7 heteroatoms. The second-order valence-corrected chi connectivity index (χ2v) is 4.74. The molecule has 1 rings (SSSR count). The van der Waals surface area contributed by atoms with E-state index in [9.17, 15) is 13.2 Å². The lowest BCUT2D eigenvalue weighted by Gasteiger charge is -2.19. The zero-order chi connectivity index (χ0) is 14.3. The minimum absolute atomic E-state index is 0.0389. The van der Waals surface area contributed by atoms with Crippen LogP contribution in [-0.4, -0.2) is 55.8 Å². The van der Waals surface area contributed by atoms with Gasteiger partial charge in [-0.2, -0.15) is 13.2 Å². The molecule has 0 aromatic rings. The second kappa shape index (κ2) is 7.57. The third-order valence-electron chi connectivity index (χ3n) is 2.85. The summed E-state index contributed by atoms with van der Waals surface area (Å²) in [6.07, 6.45) is -2.45. The molecular formula is C12H23F3N4. The van der Waals surface area contributed by atoms with E-state index in [-0.39, 0.29) is 6.04 Å². The summed E-state index contributed by atoms with van der Waals surface area (Å²) in [5, 5.41) is 6.30. The van der Waals surface area contributed by atoms with E-state index in [0.717, 1.165) is 13.0 Å². The molecule has 0 bridgehead atoms. The van der Waals surface area contributed by atoms with Crippen LogP contribution in [0.2, 0.25) is 0 Å². The Hall–Kier alpha value is -0.980. The van der Waals surface area contributed by atoms with Crippen LogP contribution in [0, 0.1) is 0 Å². The molecule has 0 spiro atoms. The molecule has 0 aromatic heterocycles. The summed E-state index contributed by atoms with van der Waals surface area (Å²) in [5.74, 6) is 0.697. The Bertz CT molecular complexity index is 291. The summed E-state index contributed by atoms with van der Waals surface area (Å²) in [4.78, 5) is 5.78. The van der Waals surface area contributed by atoms with Crippen LogP contribution >= 0.6 is 0 Å². The van der Waals surface area contributed by atoms with Crippen molar-refractivity contribution < 1.29 is 13.2 Å². The molecule has 1 saturated heterocycles. The standard InChI is InChI=1S/C12H23F3N4/c1-3-6-17-11(16-4-2)18-10-5-7-19(8-10)9-12(13,14)15/h10H,3-9H2,1-2H3,(H2,16,17,18). The lowest BCUT2D eigenvalue weighted by Crippen LogP contribution is -2.45. The Balaban J connectivity index is 2.41. The van der Waals surface area contributed by atoms with Gasteiger partial charge >= 0.3 is 6.18 Å². The smallest absolute Gasteiger partial charge is 0.357 e. The third kappa shape index (κ3) is 6.66. The highest BCUT2D eigenvalue weighted by Crippen LogP contribution is 2.19. The van der Waals surface area contributed by atoms with Crippen molar-refractivity contribution >= 4 is 5.96 Å². The minimum Gasteiger partial charge on any atom is -0.357 e. The van der Waals surface area contributed by atoms with E-state index in [1.165, 1.54) is 4.90 Å². The number of nitrogens with zero attached hydrogens (tertiary/aromatic N) is 2. The Morgan fingerprint density at radius 1 is 1.37 bits per heavy atom. The van der Waals surface area contributed by atoms with Crippen LogP contribution in [0.5, 0.6) is 0 Å². The van der Waals surface area contributed by atoms with Crippen LogP contribution in [-0.2, 0) is 0 Å². The maximum atomic E-state index is 12.3. The maximum Gasteiger partial charge on any atom is 0.401 e. The van der Waals surface area contributed by atoms with E-state index in [1.807, 2.05) is 13.8 Å². The molecule has 2 N–H and O–H groups in total. The summed E-state index contributed by atoms with van der Waals surface area (Å²) < 4.78 is 36.9. The van der Waals surface area contributed by atoms with Gasteiger partial charge in [0.25, 0.3) is 0 Å². The number of aliphatic imine (C=N–C) groups is 1. The molecule has 0 radical (unpaired) electrons. The van der Waals surface area contributed by atoms with Crippen LogP contribution in [0.4, 0.5) is 13.2 Å². The van der Waals surface area contributed by atoms with Crippen molar-refractivity contribution in [2.45, 2.75) is 38.9 Å². The van der Waals surface area contributed by atoms with Crippen molar-refractivity contribution in [3.05, 3.63) is 0 Å². The summed E-state index contributed by atoms with van der Waals surface area (Å²) in [6, 6.07) is 0.0389. The van der Waals surface area contributed by atoms with Gasteiger partial charge in [0.05, 0.1) is 6.54 Å². The van der Waals surface area contributed by atoms with Gasteiger partial charge in [0.2, 0.25) is 0 Å². The Labute approximate surface area is 112 Å². The molecule has 0 aliphatic carbocycles. The number of rotatable bonds is 5. The maximum absolute atomic E-state index is 12.3. The van der Waals surface area contributed by atoms with Crippen molar-refractivity contribution in [2.75, 3.05) is 32.7 Å². The fraction of sp³-hybridized carbons (Fsp3) is 0.917. The molecule has 1 fully saturated rings. The zero-order valence-corrected chi connectivity index (χ0v) is 11.6. The first kappa shape index (κ1) is 16.1. The Morgan fingerprint density at radius 2 is 2.11 bits per heavy atom. The van der Waals surface area contributed by atoms with Gasteiger partial charge in [-0.1, -0.05) is 6.92 Å². The molecule has 1 unspecified atom stereocenters. The summed E-state index contributed by atoms with van der Waals surface area (Å²) in [6.45, 7) is 5.53. The predicted octanol–water partition coefficient (Wildman–Crippen LogP) is 1.59. The van der Waals surface area contributed by atoms with Crippen LogP contribution < -0.4 is 10.6 Å². The molecule has 112 valence electrons. The van der Waals surface area contributed by atoms with Gasteiger partial charge in [0, 0.05) is 32.2 Å². The molecule has 0 saturated carbocycles. The molecular weight excluding hydrogens is 257 g/mol. The lowest BCUT2D eigenvalue weighted by molar-refractivity contribution is -0.143. The predicted molar refractivity (Wildman–Crippen MR) is 70.3 cm³/mol. The number of likely N-dealkylation sites (tertiary alicyclic amines) is 1. The third-order valence-corrected chi connectivity index (χ3v) is 2.85. The minimum atomic E-state index is -4.12. The van der Waals surface area contributed by atoms with E-state index in [2.05, 4.69) is 15.6 Å².